The zero-order valence-corrected chi connectivity index (χ0v) is 14.7. The third kappa shape index (κ3) is 4.01. The number of likely N-dealkylation sites (tertiary alicyclic amines) is 1. The van der Waals surface area contributed by atoms with E-state index in [1.54, 1.807) is 13.2 Å². The molecule has 3 rings (SSSR count). The SMILES string of the molecule is COc1cccc(C(=O)N2[C@@H](CCc3ccc(F)cc3)CC[C@H]2C)c1. The van der Waals surface area contributed by atoms with Crippen molar-refractivity contribution in [1.29, 1.82) is 0 Å². The van der Waals surface area contributed by atoms with Crippen LogP contribution in [0.25, 0.3) is 0 Å². The molecule has 4 heteroatoms. The van der Waals surface area contributed by atoms with Gasteiger partial charge in [0.15, 0.2) is 0 Å². The van der Waals surface area contributed by atoms with Gasteiger partial charge in [-0.25, -0.2) is 4.39 Å². The van der Waals surface area contributed by atoms with E-state index in [2.05, 4.69) is 6.92 Å². The molecule has 1 heterocycles. The number of ether oxygens (including phenoxy) is 1. The topological polar surface area (TPSA) is 29.5 Å². The molecule has 1 saturated heterocycles. The summed E-state index contributed by atoms with van der Waals surface area (Å²) in [5, 5.41) is 0. The summed E-state index contributed by atoms with van der Waals surface area (Å²) >= 11 is 0. The fourth-order valence-electron chi connectivity index (χ4n) is 3.61. The summed E-state index contributed by atoms with van der Waals surface area (Å²) in [6.45, 7) is 2.11. The van der Waals surface area contributed by atoms with E-state index >= 15 is 0 Å². The number of methoxy groups -OCH3 is 1. The quantitative estimate of drug-likeness (QED) is 0.803. The summed E-state index contributed by atoms with van der Waals surface area (Å²) in [5.41, 5.74) is 1.77. The van der Waals surface area contributed by atoms with Crippen LogP contribution in [0.3, 0.4) is 0 Å². The van der Waals surface area contributed by atoms with Gasteiger partial charge in [-0.2, -0.15) is 0 Å². The highest BCUT2D eigenvalue weighted by atomic mass is 19.1. The molecule has 0 aromatic heterocycles. The smallest absolute Gasteiger partial charge is 0.254 e. The van der Waals surface area contributed by atoms with E-state index in [0.29, 0.717) is 11.3 Å². The number of nitrogens with zero attached hydrogens (tertiary/aromatic N) is 1. The lowest BCUT2D eigenvalue weighted by atomic mass is 10.0. The van der Waals surface area contributed by atoms with Crippen LogP contribution in [0.5, 0.6) is 5.75 Å². The molecule has 132 valence electrons. The van der Waals surface area contributed by atoms with Gasteiger partial charge in [-0.05, 0) is 68.5 Å². The number of benzene rings is 2. The molecule has 2 aromatic rings. The number of hydrogen-bond donors (Lipinski definition) is 0. The lowest BCUT2D eigenvalue weighted by Gasteiger charge is -2.29. The van der Waals surface area contributed by atoms with Crippen LogP contribution in [-0.4, -0.2) is 30.0 Å². The number of aryl methyl sites for hydroxylation is 1. The van der Waals surface area contributed by atoms with E-state index in [1.165, 1.54) is 12.1 Å². The van der Waals surface area contributed by atoms with Crippen molar-refractivity contribution >= 4 is 5.91 Å². The maximum absolute atomic E-state index is 13.0. The maximum atomic E-state index is 13.0. The summed E-state index contributed by atoms with van der Waals surface area (Å²) in [4.78, 5) is 15.0. The second-order valence-corrected chi connectivity index (χ2v) is 6.69. The zero-order valence-electron chi connectivity index (χ0n) is 14.7. The molecule has 1 fully saturated rings. The predicted molar refractivity (Wildman–Crippen MR) is 96.4 cm³/mol. The second-order valence-electron chi connectivity index (χ2n) is 6.69. The summed E-state index contributed by atoms with van der Waals surface area (Å²) in [6.07, 6.45) is 3.77. The van der Waals surface area contributed by atoms with Crippen molar-refractivity contribution in [2.24, 2.45) is 0 Å². The number of carbonyl (C=O) groups excluding carboxylic acids is 1. The lowest BCUT2D eigenvalue weighted by molar-refractivity contribution is 0.0672. The molecule has 1 amide bonds. The zero-order chi connectivity index (χ0) is 17.8. The molecule has 2 aromatic carbocycles. The van der Waals surface area contributed by atoms with Crippen LogP contribution in [0, 0.1) is 5.82 Å². The largest absolute Gasteiger partial charge is 0.497 e. The molecule has 0 aliphatic carbocycles. The monoisotopic (exact) mass is 341 g/mol. The highest BCUT2D eigenvalue weighted by Gasteiger charge is 2.34. The molecule has 2 atom stereocenters. The van der Waals surface area contributed by atoms with E-state index in [0.717, 1.165) is 31.2 Å². The van der Waals surface area contributed by atoms with Crippen molar-refractivity contribution in [3.63, 3.8) is 0 Å². The van der Waals surface area contributed by atoms with Gasteiger partial charge in [0.1, 0.15) is 11.6 Å². The third-order valence-electron chi connectivity index (χ3n) is 5.02. The van der Waals surface area contributed by atoms with E-state index < -0.39 is 0 Å². The van der Waals surface area contributed by atoms with E-state index in [1.807, 2.05) is 35.2 Å². The summed E-state index contributed by atoms with van der Waals surface area (Å²) in [7, 11) is 1.60. The van der Waals surface area contributed by atoms with Crippen molar-refractivity contribution in [2.45, 2.75) is 44.7 Å². The lowest BCUT2D eigenvalue weighted by Crippen LogP contribution is -2.40. The Labute approximate surface area is 148 Å². The number of rotatable bonds is 5. The van der Waals surface area contributed by atoms with Crippen molar-refractivity contribution in [1.82, 2.24) is 4.90 Å². The molecule has 0 spiro atoms. The fourth-order valence-corrected chi connectivity index (χ4v) is 3.61. The first-order chi connectivity index (χ1) is 12.1. The molecule has 25 heavy (non-hydrogen) atoms. The average Bonchev–Trinajstić information content (AvgIpc) is 3.01. The Morgan fingerprint density at radius 1 is 1.20 bits per heavy atom. The first-order valence-electron chi connectivity index (χ1n) is 8.79. The Kier molecular flexibility index (Phi) is 5.37. The van der Waals surface area contributed by atoms with Crippen LogP contribution < -0.4 is 4.74 Å². The normalized spacial score (nSPS) is 19.9. The van der Waals surface area contributed by atoms with Crippen molar-refractivity contribution in [3.05, 3.63) is 65.5 Å². The van der Waals surface area contributed by atoms with E-state index in [-0.39, 0.29) is 23.8 Å². The molecule has 0 N–H and O–H groups in total. The molecular weight excluding hydrogens is 317 g/mol. The van der Waals surface area contributed by atoms with Crippen molar-refractivity contribution in [2.75, 3.05) is 7.11 Å². The van der Waals surface area contributed by atoms with Gasteiger partial charge in [0.25, 0.3) is 5.91 Å². The Bertz CT molecular complexity index is 729. The average molecular weight is 341 g/mol. The van der Waals surface area contributed by atoms with Gasteiger partial charge in [0, 0.05) is 17.6 Å². The maximum Gasteiger partial charge on any atom is 0.254 e. The van der Waals surface area contributed by atoms with E-state index in [9.17, 15) is 9.18 Å². The van der Waals surface area contributed by atoms with Crippen LogP contribution in [-0.2, 0) is 6.42 Å². The van der Waals surface area contributed by atoms with Crippen LogP contribution in [0.2, 0.25) is 0 Å². The number of hydrogen-bond acceptors (Lipinski definition) is 2. The second kappa shape index (κ2) is 7.68. The van der Waals surface area contributed by atoms with Crippen molar-refractivity contribution < 1.29 is 13.9 Å². The molecular formula is C21H24FNO2. The first kappa shape index (κ1) is 17.5. The minimum Gasteiger partial charge on any atom is -0.497 e. The van der Waals surface area contributed by atoms with Gasteiger partial charge < -0.3 is 9.64 Å². The predicted octanol–water partition coefficient (Wildman–Crippen LogP) is 4.46. The number of halogens is 1. The molecule has 1 aliphatic rings. The molecule has 0 unspecified atom stereocenters. The van der Waals surface area contributed by atoms with Crippen LogP contribution in [0.4, 0.5) is 4.39 Å². The minimum atomic E-state index is -0.215. The van der Waals surface area contributed by atoms with E-state index in [4.69, 9.17) is 4.74 Å². The number of amides is 1. The highest BCUT2D eigenvalue weighted by molar-refractivity contribution is 5.95. The fraction of sp³-hybridized carbons (Fsp3) is 0.381. The first-order valence-corrected chi connectivity index (χ1v) is 8.79. The summed E-state index contributed by atoms with van der Waals surface area (Å²) in [6, 6.07) is 14.4. The Hall–Kier alpha value is -2.36. The van der Waals surface area contributed by atoms with Gasteiger partial charge in [-0.1, -0.05) is 18.2 Å². The summed E-state index contributed by atoms with van der Waals surface area (Å²) in [5.74, 6) is 0.543. The molecule has 0 saturated carbocycles. The minimum absolute atomic E-state index is 0.0630. The van der Waals surface area contributed by atoms with Crippen LogP contribution in [0.1, 0.15) is 42.1 Å². The van der Waals surface area contributed by atoms with Gasteiger partial charge in [0.05, 0.1) is 7.11 Å². The molecule has 0 bridgehead atoms. The molecule has 3 nitrogen and oxygen atoms in total. The Balaban J connectivity index is 1.71. The highest BCUT2D eigenvalue weighted by Crippen LogP contribution is 2.29. The van der Waals surface area contributed by atoms with Gasteiger partial charge in [-0.3, -0.25) is 4.79 Å². The van der Waals surface area contributed by atoms with Gasteiger partial charge >= 0.3 is 0 Å². The van der Waals surface area contributed by atoms with Gasteiger partial charge in [-0.15, -0.1) is 0 Å². The Morgan fingerprint density at radius 3 is 2.68 bits per heavy atom. The number of carbonyl (C=O) groups is 1. The third-order valence-corrected chi connectivity index (χ3v) is 5.02. The summed E-state index contributed by atoms with van der Waals surface area (Å²) < 4.78 is 18.3. The standard InChI is InChI=1S/C21H24FNO2/c1-15-6-12-19(13-9-16-7-10-18(22)11-8-16)23(15)21(24)17-4-3-5-20(14-17)25-2/h3-5,7-8,10-11,14-15,19H,6,9,12-13H2,1-2H3/t15-,19-/m1/s1. The molecule has 1 aliphatic heterocycles. The van der Waals surface area contributed by atoms with Crippen LogP contribution in [0.15, 0.2) is 48.5 Å². The van der Waals surface area contributed by atoms with Crippen LogP contribution >= 0.6 is 0 Å². The Morgan fingerprint density at radius 2 is 1.96 bits per heavy atom. The van der Waals surface area contributed by atoms with Crippen molar-refractivity contribution in [3.8, 4) is 5.75 Å². The molecule has 0 radical (unpaired) electrons. The van der Waals surface area contributed by atoms with Gasteiger partial charge in [0.2, 0.25) is 0 Å².